The largest absolute Gasteiger partial charge is 0.495 e. The first-order valence-corrected chi connectivity index (χ1v) is 11.0. The third kappa shape index (κ3) is 5.65. The van der Waals surface area contributed by atoms with Crippen molar-refractivity contribution < 1.29 is 23.9 Å². The van der Waals surface area contributed by atoms with E-state index < -0.39 is 11.8 Å². The highest BCUT2D eigenvalue weighted by Crippen LogP contribution is 2.29. The van der Waals surface area contributed by atoms with Gasteiger partial charge in [-0.25, -0.2) is 0 Å². The highest BCUT2D eigenvalue weighted by molar-refractivity contribution is 6.09. The topological polar surface area (TPSA) is 93.7 Å². The number of benzene rings is 4. The normalized spacial score (nSPS) is 10.5. The van der Waals surface area contributed by atoms with Gasteiger partial charge in [0.15, 0.2) is 12.4 Å². The molecule has 35 heavy (non-hydrogen) atoms. The number of carbonyl (C=O) groups is 3. The first kappa shape index (κ1) is 23.5. The molecule has 0 spiro atoms. The molecule has 0 atom stereocenters. The predicted octanol–water partition coefficient (Wildman–Crippen LogP) is 5.32. The second kappa shape index (κ2) is 10.5. The molecule has 0 heterocycles. The van der Waals surface area contributed by atoms with E-state index >= 15 is 0 Å². The van der Waals surface area contributed by atoms with Crippen molar-refractivity contribution in [3.63, 3.8) is 0 Å². The lowest BCUT2D eigenvalue weighted by Gasteiger charge is -2.15. The SMILES string of the molecule is COc1ccccc1NC(=O)c1cc2ccccc2cc1OCC(=O)Nc1cccc(C(C)=O)c1. The number of fused-ring (bicyclic) bond motifs is 1. The summed E-state index contributed by atoms with van der Waals surface area (Å²) in [4.78, 5) is 37.3. The molecule has 0 radical (unpaired) electrons. The minimum Gasteiger partial charge on any atom is -0.495 e. The fourth-order valence-corrected chi connectivity index (χ4v) is 3.61. The molecule has 0 bridgehead atoms. The van der Waals surface area contributed by atoms with E-state index in [1.54, 1.807) is 54.6 Å². The summed E-state index contributed by atoms with van der Waals surface area (Å²) in [6, 6.07) is 24.8. The Balaban J connectivity index is 1.56. The minimum absolute atomic E-state index is 0.0980. The number of ketones is 1. The van der Waals surface area contributed by atoms with E-state index in [9.17, 15) is 14.4 Å². The zero-order valence-electron chi connectivity index (χ0n) is 19.3. The van der Waals surface area contributed by atoms with Crippen LogP contribution in [0, 0.1) is 0 Å². The van der Waals surface area contributed by atoms with Gasteiger partial charge < -0.3 is 20.1 Å². The number of hydrogen-bond donors (Lipinski definition) is 2. The van der Waals surface area contributed by atoms with Crippen molar-refractivity contribution in [3.05, 3.63) is 96.1 Å². The Bertz CT molecular complexity index is 1410. The number of amides is 2. The Kier molecular flexibility index (Phi) is 7.07. The van der Waals surface area contributed by atoms with Crippen LogP contribution in [0.4, 0.5) is 11.4 Å². The van der Waals surface area contributed by atoms with Crippen molar-refractivity contribution in [3.8, 4) is 11.5 Å². The molecule has 2 amide bonds. The number of rotatable bonds is 8. The van der Waals surface area contributed by atoms with Crippen LogP contribution in [0.5, 0.6) is 11.5 Å². The van der Waals surface area contributed by atoms with Crippen LogP contribution >= 0.6 is 0 Å². The maximum atomic E-state index is 13.2. The van der Waals surface area contributed by atoms with E-state index in [0.717, 1.165) is 10.8 Å². The van der Waals surface area contributed by atoms with Crippen LogP contribution < -0.4 is 20.1 Å². The molecule has 0 fully saturated rings. The van der Waals surface area contributed by atoms with Gasteiger partial charge in [0, 0.05) is 11.3 Å². The van der Waals surface area contributed by atoms with Crippen LogP contribution in [-0.2, 0) is 4.79 Å². The summed E-state index contributed by atoms with van der Waals surface area (Å²) in [6.07, 6.45) is 0. The van der Waals surface area contributed by atoms with Gasteiger partial charge in [0.1, 0.15) is 11.5 Å². The van der Waals surface area contributed by atoms with Crippen LogP contribution in [0.3, 0.4) is 0 Å². The first-order chi connectivity index (χ1) is 16.9. The third-order valence-electron chi connectivity index (χ3n) is 5.36. The monoisotopic (exact) mass is 468 g/mol. The summed E-state index contributed by atoms with van der Waals surface area (Å²) in [6.45, 7) is 1.14. The lowest BCUT2D eigenvalue weighted by Crippen LogP contribution is -2.22. The summed E-state index contributed by atoms with van der Waals surface area (Å²) in [5.74, 6) is -0.126. The van der Waals surface area contributed by atoms with E-state index in [2.05, 4.69) is 10.6 Å². The minimum atomic E-state index is -0.421. The number of hydrogen-bond acceptors (Lipinski definition) is 5. The van der Waals surface area contributed by atoms with E-state index in [1.165, 1.54) is 14.0 Å². The molecule has 0 saturated heterocycles. The number of para-hydroxylation sites is 2. The van der Waals surface area contributed by atoms with Crippen molar-refractivity contribution in [1.29, 1.82) is 0 Å². The summed E-state index contributed by atoms with van der Waals surface area (Å²) in [5.41, 5.74) is 1.77. The van der Waals surface area contributed by atoms with Gasteiger partial charge >= 0.3 is 0 Å². The van der Waals surface area contributed by atoms with Crippen molar-refractivity contribution in [2.24, 2.45) is 0 Å². The van der Waals surface area contributed by atoms with Crippen LogP contribution in [0.25, 0.3) is 10.8 Å². The molecule has 0 aromatic heterocycles. The van der Waals surface area contributed by atoms with Gasteiger partial charge in [-0.1, -0.05) is 48.5 Å². The average molecular weight is 469 g/mol. The van der Waals surface area contributed by atoms with Crippen molar-refractivity contribution in [2.45, 2.75) is 6.92 Å². The van der Waals surface area contributed by atoms with Gasteiger partial charge in [-0.3, -0.25) is 14.4 Å². The zero-order chi connectivity index (χ0) is 24.8. The van der Waals surface area contributed by atoms with Crippen molar-refractivity contribution in [2.75, 3.05) is 24.4 Å². The predicted molar refractivity (Wildman–Crippen MR) is 135 cm³/mol. The van der Waals surface area contributed by atoms with E-state index in [-0.39, 0.29) is 23.7 Å². The van der Waals surface area contributed by atoms with E-state index in [0.29, 0.717) is 22.7 Å². The number of Topliss-reactive ketones (excluding diaryl/α,β-unsaturated/α-hetero) is 1. The number of nitrogens with one attached hydrogen (secondary N) is 2. The molecule has 4 aromatic rings. The fourth-order valence-electron chi connectivity index (χ4n) is 3.61. The van der Waals surface area contributed by atoms with Gasteiger partial charge in [-0.05, 0) is 54.1 Å². The lowest BCUT2D eigenvalue weighted by molar-refractivity contribution is -0.118. The Morgan fingerprint density at radius 3 is 2.23 bits per heavy atom. The molecule has 7 nitrogen and oxygen atoms in total. The summed E-state index contributed by atoms with van der Waals surface area (Å²) in [5, 5.41) is 7.29. The second-order valence-electron chi connectivity index (χ2n) is 7.82. The molecular weight excluding hydrogens is 444 g/mol. The molecule has 176 valence electrons. The Hall–Kier alpha value is -4.65. The van der Waals surface area contributed by atoms with Gasteiger partial charge in [-0.15, -0.1) is 0 Å². The number of carbonyl (C=O) groups excluding carboxylic acids is 3. The molecule has 2 N–H and O–H groups in total. The maximum Gasteiger partial charge on any atom is 0.262 e. The van der Waals surface area contributed by atoms with E-state index in [4.69, 9.17) is 9.47 Å². The highest BCUT2D eigenvalue weighted by atomic mass is 16.5. The van der Waals surface area contributed by atoms with Crippen LogP contribution in [-0.4, -0.2) is 31.3 Å². The van der Waals surface area contributed by atoms with Crippen molar-refractivity contribution >= 4 is 39.7 Å². The fraction of sp³-hybridized carbons (Fsp3) is 0.107. The number of methoxy groups -OCH3 is 1. The summed E-state index contributed by atoms with van der Waals surface area (Å²) >= 11 is 0. The first-order valence-electron chi connectivity index (χ1n) is 11.0. The molecule has 4 rings (SSSR count). The second-order valence-corrected chi connectivity index (χ2v) is 7.82. The van der Waals surface area contributed by atoms with Gasteiger partial charge in [0.2, 0.25) is 0 Å². The zero-order valence-corrected chi connectivity index (χ0v) is 19.3. The standard InChI is InChI=1S/C28H24N2O5/c1-18(31)19-10-7-11-22(14-19)29-27(32)17-35-26-16-21-9-4-3-8-20(21)15-23(26)28(33)30-24-12-5-6-13-25(24)34-2/h3-16H,17H2,1-2H3,(H,29,32)(H,30,33). The van der Waals surface area contributed by atoms with Crippen molar-refractivity contribution in [1.82, 2.24) is 0 Å². The van der Waals surface area contributed by atoms with Gasteiger partial charge in [-0.2, -0.15) is 0 Å². The quantitative estimate of drug-likeness (QED) is 0.341. The lowest BCUT2D eigenvalue weighted by atomic mass is 10.1. The Morgan fingerprint density at radius 1 is 0.771 bits per heavy atom. The highest BCUT2D eigenvalue weighted by Gasteiger charge is 2.17. The molecule has 0 aliphatic rings. The molecular formula is C28H24N2O5. The van der Waals surface area contributed by atoms with Gasteiger partial charge in [0.05, 0.1) is 18.4 Å². The number of anilines is 2. The van der Waals surface area contributed by atoms with E-state index in [1.807, 2.05) is 30.3 Å². The Morgan fingerprint density at radius 2 is 1.49 bits per heavy atom. The Labute approximate surface area is 202 Å². The molecule has 0 saturated carbocycles. The van der Waals surface area contributed by atoms with Gasteiger partial charge in [0.25, 0.3) is 11.8 Å². The molecule has 4 aromatic carbocycles. The molecule has 0 unspecified atom stereocenters. The van der Waals surface area contributed by atoms with Crippen LogP contribution in [0.2, 0.25) is 0 Å². The smallest absolute Gasteiger partial charge is 0.262 e. The molecule has 7 heteroatoms. The molecule has 0 aliphatic carbocycles. The summed E-state index contributed by atoms with van der Waals surface area (Å²) < 4.78 is 11.1. The summed E-state index contributed by atoms with van der Waals surface area (Å²) in [7, 11) is 1.53. The molecule has 0 aliphatic heterocycles. The maximum absolute atomic E-state index is 13.2. The number of ether oxygens (including phenoxy) is 2. The van der Waals surface area contributed by atoms with Crippen LogP contribution in [0.1, 0.15) is 27.6 Å². The van der Waals surface area contributed by atoms with Crippen LogP contribution in [0.15, 0.2) is 84.9 Å². The average Bonchev–Trinajstić information content (AvgIpc) is 2.87. The third-order valence-corrected chi connectivity index (χ3v) is 5.36.